The first kappa shape index (κ1) is 16.4. The van der Waals surface area contributed by atoms with Gasteiger partial charge in [0.15, 0.2) is 0 Å². The highest BCUT2D eigenvalue weighted by Crippen LogP contribution is 2.38. The summed E-state index contributed by atoms with van der Waals surface area (Å²) in [4.78, 5) is 25.7. The molecule has 1 heterocycles. The van der Waals surface area contributed by atoms with E-state index in [1.54, 1.807) is 32.1 Å². The Morgan fingerprint density at radius 1 is 1.38 bits per heavy atom. The largest absolute Gasteiger partial charge is 0.495 e. The zero-order chi connectivity index (χ0) is 15.7. The molecule has 1 aliphatic heterocycles. The molecule has 21 heavy (non-hydrogen) atoms. The van der Waals surface area contributed by atoms with Crippen LogP contribution in [0.5, 0.6) is 5.75 Å². The summed E-state index contributed by atoms with van der Waals surface area (Å²) in [6.45, 7) is 3.60. The van der Waals surface area contributed by atoms with Crippen molar-refractivity contribution in [3.05, 3.63) is 32.1 Å². The van der Waals surface area contributed by atoms with Gasteiger partial charge in [-0.1, -0.05) is 27.5 Å². The normalized spacial score (nSPS) is 17.2. The highest BCUT2D eigenvalue weighted by molar-refractivity contribution is 9.10. The third kappa shape index (κ3) is 3.27. The average Bonchev–Trinajstić information content (AvgIpc) is 2.63. The van der Waals surface area contributed by atoms with Gasteiger partial charge >= 0.3 is 0 Å². The summed E-state index contributed by atoms with van der Waals surface area (Å²) in [5.41, 5.74) is 0.645. The van der Waals surface area contributed by atoms with E-state index < -0.39 is 0 Å². The molecule has 0 unspecified atom stereocenters. The maximum absolute atomic E-state index is 12.3. The maximum Gasteiger partial charge on any atom is 0.293 e. The highest BCUT2D eigenvalue weighted by atomic mass is 79.9. The number of halogens is 2. The van der Waals surface area contributed by atoms with Gasteiger partial charge < -0.3 is 4.74 Å². The van der Waals surface area contributed by atoms with E-state index in [0.717, 1.165) is 16.2 Å². The Bertz CT molecular complexity index is 645. The van der Waals surface area contributed by atoms with E-state index in [0.29, 0.717) is 21.2 Å². The summed E-state index contributed by atoms with van der Waals surface area (Å²) < 4.78 is 6.03. The summed E-state index contributed by atoms with van der Waals surface area (Å²) in [5.74, 6) is 0.175. The smallest absolute Gasteiger partial charge is 0.293 e. The molecule has 1 aromatic carbocycles. The SMILES string of the molecule is COc1c(Cl)cc(Br)cc1/C=C1\SC(=O)N(C(C)C)C1=O. The molecule has 2 amide bonds. The lowest BCUT2D eigenvalue weighted by Gasteiger charge is -2.16. The maximum atomic E-state index is 12.3. The first-order valence-electron chi connectivity index (χ1n) is 6.15. The van der Waals surface area contributed by atoms with Crippen molar-refractivity contribution >= 4 is 56.5 Å². The molecule has 112 valence electrons. The monoisotopic (exact) mass is 389 g/mol. The second kappa shape index (κ2) is 6.42. The number of imide groups is 1. The van der Waals surface area contributed by atoms with Crippen molar-refractivity contribution in [3.63, 3.8) is 0 Å². The van der Waals surface area contributed by atoms with Crippen LogP contribution in [-0.2, 0) is 4.79 Å². The number of thioether (sulfide) groups is 1. The van der Waals surface area contributed by atoms with Crippen LogP contribution in [0.2, 0.25) is 5.02 Å². The third-order valence-electron chi connectivity index (χ3n) is 2.87. The lowest BCUT2D eigenvalue weighted by molar-refractivity contribution is -0.123. The molecule has 0 saturated carbocycles. The van der Waals surface area contributed by atoms with Gasteiger partial charge in [0, 0.05) is 16.1 Å². The minimum atomic E-state index is -0.293. The van der Waals surface area contributed by atoms with Crippen molar-refractivity contribution in [1.29, 1.82) is 0 Å². The standard InChI is InChI=1S/C14H13BrClNO3S/c1-7(2)17-13(18)11(21-14(17)19)5-8-4-9(15)6-10(16)12(8)20-3/h4-7H,1-3H3/b11-5-. The van der Waals surface area contributed by atoms with Crippen molar-refractivity contribution in [1.82, 2.24) is 4.90 Å². The van der Waals surface area contributed by atoms with Crippen LogP contribution in [0.15, 0.2) is 21.5 Å². The Morgan fingerprint density at radius 3 is 2.57 bits per heavy atom. The van der Waals surface area contributed by atoms with Crippen molar-refractivity contribution in [2.24, 2.45) is 0 Å². The predicted molar refractivity (Wildman–Crippen MR) is 88.7 cm³/mol. The molecule has 7 heteroatoms. The molecule has 0 bridgehead atoms. The molecule has 1 aromatic rings. The Hall–Kier alpha value is -0.980. The lowest BCUT2D eigenvalue weighted by Crippen LogP contribution is -2.34. The van der Waals surface area contributed by atoms with Gasteiger partial charge in [-0.2, -0.15) is 0 Å². The van der Waals surface area contributed by atoms with Crippen LogP contribution < -0.4 is 4.74 Å². The molecule has 4 nitrogen and oxygen atoms in total. The van der Waals surface area contributed by atoms with Gasteiger partial charge in [-0.25, -0.2) is 0 Å². The van der Waals surface area contributed by atoms with E-state index in [-0.39, 0.29) is 17.2 Å². The zero-order valence-corrected chi connectivity index (χ0v) is 14.8. The number of rotatable bonds is 3. The topological polar surface area (TPSA) is 46.6 Å². The number of methoxy groups -OCH3 is 1. The van der Waals surface area contributed by atoms with Gasteiger partial charge in [-0.3, -0.25) is 14.5 Å². The number of hydrogen-bond donors (Lipinski definition) is 0. The van der Waals surface area contributed by atoms with Crippen LogP contribution in [0, 0.1) is 0 Å². The Kier molecular flexibility index (Phi) is 5.01. The number of carbonyl (C=O) groups is 2. The lowest BCUT2D eigenvalue weighted by atomic mass is 10.1. The molecule has 0 aromatic heterocycles. The van der Waals surface area contributed by atoms with Crippen LogP contribution in [-0.4, -0.2) is 29.2 Å². The first-order valence-corrected chi connectivity index (χ1v) is 8.14. The quantitative estimate of drug-likeness (QED) is 0.710. The van der Waals surface area contributed by atoms with Crippen LogP contribution in [0.3, 0.4) is 0 Å². The van der Waals surface area contributed by atoms with Gasteiger partial charge in [0.1, 0.15) is 5.75 Å². The highest BCUT2D eigenvalue weighted by Gasteiger charge is 2.36. The summed E-state index contributed by atoms with van der Waals surface area (Å²) in [6.07, 6.45) is 1.63. The minimum absolute atomic E-state index is 0.170. The fourth-order valence-electron chi connectivity index (χ4n) is 1.97. The number of carbonyl (C=O) groups excluding carboxylic acids is 2. The molecular formula is C14H13BrClNO3S. The Morgan fingerprint density at radius 2 is 2.05 bits per heavy atom. The van der Waals surface area contributed by atoms with Crippen LogP contribution >= 0.6 is 39.3 Å². The predicted octanol–water partition coefficient (Wildman–Crippen LogP) is 4.56. The fourth-order valence-corrected chi connectivity index (χ4v) is 3.83. The van der Waals surface area contributed by atoms with Crippen molar-refractivity contribution in [2.45, 2.75) is 19.9 Å². The molecule has 0 aliphatic carbocycles. The molecule has 2 rings (SSSR count). The van der Waals surface area contributed by atoms with Crippen molar-refractivity contribution in [3.8, 4) is 5.75 Å². The molecule has 1 aliphatic rings. The number of hydrogen-bond acceptors (Lipinski definition) is 4. The van der Waals surface area contributed by atoms with E-state index in [1.165, 1.54) is 12.0 Å². The second-order valence-electron chi connectivity index (χ2n) is 4.66. The van der Waals surface area contributed by atoms with Gasteiger partial charge in [0.05, 0.1) is 17.0 Å². The molecular weight excluding hydrogens is 378 g/mol. The van der Waals surface area contributed by atoms with Crippen LogP contribution in [0.4, 0.5) is 4.79 Å². The number of benzene rings is 1. The van der Waals surface area contributed by atoms with E-state index in [2.05, 4.69) is 15.9 Å². The summed E-state index contributed by atoms with van der Waals surface area (Å²) in [6, 6.07) is 3.32. The van der Waals surface area contributed by atoms with E-state index in [1.807, 2.05) is 0 Å². The summed E-state index contributed by atoms with van der Waals surface area (Å²) >= 11 is 10.4. The molecule has 0 N–H and O–H groups in total. The summed E-state index contributed by atoms with van der Waals surface area (Å²) in [7, 11) is 1.51. The minimum Gasteiger partial charge on any atom is -0.495 e. The Balaban J connectivity index is 2.46. The van der Waals surface area contributed by atoms with Crippen molar-refractivity contribution < 1.29 is 14.3 Å². The first-order chi connectivity index (χ1) is 9.85. The van der Waals surface area contributed by atoms with Crippen LogP contribution in [0.1, 0.15) is 19.4 Å². The van der Waals surface area contributed by atoms with Gasteiger partial charge in [-0.05, 0) is 43.8 Å². The van der Waals surface area contributed by atoms with E-state index in [4.69, 9.17) is 16.3 Å². The van der Waals surface area contributed by atoms with Gasteiger partial charge in [0.25, 0.3) is 11.1 Å². The average molecular weight is 391 g/mol. The molecule has 1 fully saturated rings. The molecule has 0 radical (unpaired) electrons. The third-order valence-corrected chi connectivity index (χ3v) is 4.49. The second-order valence-corrected chi connectivity index (χ2v) is 6.97. The van der Waals surface area contributed by atoms with Crippen LogP contribution in [0.25, 0.3) is 6.08 Å². The molecule has 0 spiro atoms. The molecule has 1 saturated heterocycles. The van der Waals surface area contributed by atoms with Gasteiger partial charge in [-0.15, -0.1) is 0 Å². The van der Waals surface area contributed by atoms with E-state index in [9.17, 15) is 9.59 Å². The number of amides is 2. The van der Waals surface area contributed by atoms with E-state index >= 15 is 0 Å². The Labute approximate surface area is 140 Å². The van der Waals surface area contributed by atoms with Crippen molar-refractivity contribution in [2.75, 3.05) is 7.11 Å². The molecule has 0 atom stereocenters. The van der Waals surface area contributed by atoms with Gasteiger partial charge in [0.2, 0.25) is 0 Å². The zero-order valence-electron chi connectivity index (χ0n) is 11.6. The fraction of sp³-hybridized carbons (Fsp3) is 0.286. The summed E-state index contributed by atoms with van der Waals surface area (Å²) in [5, 5.41) is 0.169. The number of ether oxygens (including phenoxy) is 1. The number of nitrogens with zero attached hydrogens (tertiary/aromatic N) is 1.